The molecule has 1 amide bonds. The van der Waals surface area contributed by atoms with Crippen LogP contribution in [0.25, 0.3) is 10.2 Å². The van der Waals surface area contributed by atoms with Crippen LogP contribution in [0.1, 0.15) is 26.7 Å². The molecule has 170 valence electrons. The molecule has 0 radical (unpaired) electrons. The molecule has 9 heteroatoms. The molecule has 1 saturated heterocycles. The molecule has 0 aliphatic carbocycles. The lowest BCUT2D eigenvalue weighted by Crippen LogP contribution is -2.44. The molecule has 1 aliphatic rings. The molecule has 7 nitrogen and oxygen atoms in total. The summed E-state index contributed by atoms with van der Waals surface area (Å²) < 4.78 is 30.2. The zero-order valence-electron chi connectivity index (χ0n) is 18.2. The molecule has 0 saturated carbocycles. The molecule has 0 spiro atoms. The van der Waals surface area contributed by atoms with E-state index < -0.39 is 10.0 Å². The number of sulfonamides is 1. The van der Waals surface area contributed by atoms with E-state index >= 15 is 0 Å². The van der Waals surface area contributed by atoms with E-state index in [9.17, 15) is 18.0 Å². The first-order valence-corrected chi connectivity index (χ1v) is 13.1. The number of fused-ring (bicyclic) bond motifs is 1. The average Bonchev–Trinajstić information content (AvgIpc) is 3.14. The number of carbonyl (C=O) groups excluding carboxylic acids is 1. The molecule has 2 heterocycles. The highest BCUT2D eigenvalue weighted by Gasteiger charge is 2.34. The molecule has 4 rings (SSSR count). The molecule has 3 aromatic rings. The van der Waals surface area contributed by atoms with Crippen molar-refractivity contribution in [3.05, 3.63) is 58.2 Å². The van der Waals surface area contributed by atoms with Gasteiger partial charge < -0.3 is 4.90 Å². The summed E-state index contributed by atoms with van der Waals surface area (Å²) in [6, 6.07) is 14.4. The van der Waals surface area contributed by atoms with Crippen LogP contribution in [0, 0.1) is 5.92 Å². The Morgan fingerprint density at radius 3 is 2.41 bits per heavy atom. The standard InChI is InChI=1S/C23H27N3O4S2/c1-3-25(18-8-6-5-7-9-18)22(27)17-12-14-24(15-13-17)32(29,30)19-10-11-20-21(16-19)31-23(28)26(20)4-2/h5-11,16-17H,3-4,12-15H2,1-2H3. The number of aryl methyl sites for hydroxylation is 1. The average molecular weight is 474 g/mol. The van der Waals surface area contributed by atoms with E-state index in [0.717, 1.165) is 22.5 Å². The Bertz CT molecular complexity index is 1270. The quantitative estimate of drug-likeness (QED) is 0.549. The summed E-state index contributed by atoms with van der Waals surface area (Å²) in [6.45, 7) is 5.55. The number of thiazole rings is 1. The minimum atomic E-state index is -3.69. The number of piperidine rings is 1. The minimum absolute atomic E-state index is 0.0443. The maximum Gasteiger partial charge on any atom is 0.308 e. The summed E-state index contributed by atoms with van der Waals surface area (Å²) in [6.07, 6.45) is 0.979. The molecule has 32 heavy (non-hydrogen) atoms. The van der Waals surface area contributed by atoms with Crippen LogP contribution in [-0.2, 0) is 21.4 Å². The highest BCUT2D eigenvalue weighted by atomic mass is 32.2. The zero-order valence-corrected chi connectivity index (χ0v) is 19.9. The van der Waals surface area contributed by atoms with Crippen molar-refractivity contribution in [1.29, 1.82) is 0 Å². The summed E-state index contributed by atoms with van der Waals surface area (Å²) in [5, 5.41) is 0. The molecule has 0 unspecified atom stereocenters. The van der Waals surface area contributed by atoms with Crippen LogP contribution >= 0.6 is 11.3 Å². The molecule has 1 aliphatic heterocycles. The second kappa shape index (κ2) is 9.17. The van der Waals surface area contributed by atoms with Gasteiger partial charge in [0.25, 0.3) is 0 Å². The summed E-state index contributed by atoms with van der Waals surface area (Å²) in [4.78, 5) is 27.1. The maximum absolute atomic E-state index is 13.2. The Morgan fingerprint density at radius 2 is 1.78 bits per heavy atom. The van der Waals surface area contributed by atoms with Crippen LogP contribution in [-0.4, -0.2) is 42.8 Å². The van der Waals surface area contributed by atoms with Gasteiger partial charge in [-0.3, -0.25) is 14.2 Å². The predicted molar refractivity (Wildman–Crippen MR) is 128 cm³/mol. The molecule has 0 N–H and O–H groups in total. The smallest absolute Gasteiger partial charge is 0.308 e. The van der Waals surface area contributed by atoms with Gasteiger partial charge in [-0.1, -0.05) is 29.5 Å². The maximum atomic E-state index is 13.2. The second-order valence-corrected chi connectivity index (χ2v) is 10.8. The van der Waals surface area contributed by atoms with Gasteiger partial charge >= 0.3 is 4.87 Å². The normalized spacial score (nSPS) is 15.8. The zero-order chi connectivity index (χ0) is 22.9. The fraction of sp³-hybridized carbons (Fsp3) is 0.391. The fourth-order valence-corrected chi connectivity index (χ4v) is 6.86. The topological polar surface area (TPSA) is 79.7 Å². The van der Waals surface area contributed by atoms with Crippen LogP contribution in [0.4, 0.5) is 5.69 Å². The van der Waals surface area contributed by atoms with E-state index in [0.29, 0.717) is 43.7 Å². The van der Waals surface area contributed by atoms with Crippen molar-refractivity contribution in [2.45, 2.75) is 38.1 Å². The van der Waals surface area contributed by atoms with Crippen molar-refractivity contribution < 1.29 is 13.2 Å². The third kappa shape index (κ3) is 4.12. The number of amides is 1. The summed E-state index contributed by atoms with van der Waals surface area (Å²) in [5.74, 6) is -0.157. The van der Waals surface area contributed by atoms with Crippen molar-refractivity contribution in [3.63, 3.8) is 0 Å². The molecular weight excluding hydrogens is 446 g/mol. The highest BCUT2D eigenvalue weighted by Crippen LogP contribution is 2.29. The summed E-state index contributed by atoms with van der Waals surface area (Å²) in [5.41, 5.74) is 1.62. The minimum Gasteiger partial charge on any atom is -0.312 e. The van der Waals surface area contributed by atoms with E-state index in [2.05, 4.69) is 0 Å². The van der Waals surface area contributed by atoms with Gasteiger partial charge in [0, 0.05) is 37.8 Å². The number of carbonyl (C=O) groups is 1. The van der Waals surface area contributed by atoms with Gasteiger partial charge in [0.2, 0.25) is 15.9 Å². The van der Waals surface area contributed by atoms with Crippen molar-refractivity contribution in [3.8, 4) is 0 Å². The number of anilines is 1. The van der Waals surface area contributed by atoms with Crippen LogP contribution in [0.5, 0.6) is 0 Å². The second-order valence-electron chi connectivity index (χ2n) is 7.84. The lowest BCUT2D eigenvalue weighted by atomic mass is 9.96. The first-order valence-electron chi connectivity index (χ1n) is 10.9. The van der Waals surface area contributed by atoms with Crippen molar-refractivity contribution in [2.24, 2.45) is 5.92 Å². The molecule has 0 atom stereocenters. The number of nitrogens with zero attached hydrogens (tertiary/aromatic N) is 3. The van der Waals surface area contributed by atoms with Gasteiger partial charge in [0.1, 0.15) is 0 Å². The largest absolute Gasteiger partial charge is 0.312 e. The number of hydrogen-bond donors (Lipinski definition) is 0. The van der Waals surface area contributed by atoms with E-state index in [-0.39, 0.29) is 21.6 Å². The van der Waals surface area contributed by atoms with Gasteiger partial charge in [-0.05, 0) is 57.0 Å². The molecule has 2 aromatic carbocycles. The van der Waals surface area contributed by atoms with Gasteiger partial charge in [-0.15, -0.1) is 0 Å². The van der Waals surface area contributed by atoms with Gasteiger partial charge in [-0.2, -0.15) is 4.31 Å². The molecule has 0 bridgehead atoms. The summed E-state index contributed by atoms with van der Waals surface area (Å²) >= 11 is 1.06. The lowest BCUT2D eigenvalue weighted by molar-refractivity contribution is -0.123. The molecule has 1 fully saturated rings. The Kier molecular flexibility index (Phi) is 6.50. The summed E-state index contributed by atoms with van der Waals surface area (Å²) in [7, 11) is -3.69. The third-order valence-electron chi connectivity index (χ3n) is 6.05. The SMILES string of the molecule is CCN(C(=O)C1CCN(S(=O)(=O)c2ccc3c(c2)sc(=O)n3CC)CC1)c1ccccc1. The first kappa shape index (κ1) is 22.7. The monoisotopic (exact) mass is 473 g/mol. The number of rotatable bonds is 6. The predicted octanol–water partition coefficient (Wildman–Crippen LogP) is 3.54. The van der Waals surface area contributed by atoms with Crippen LogP contribution in [0.15, 0.2) is 58.2 Å². The Morgan fingerprint density at radius 1 is 1.09 bits per heavy atom. The third-order valence-corrected chi connectivity index (χ3v) is 8.88. The van der Waals surface area contributed by atoms with Crippen LogP contribution < -0.4 is 9.77 Å². The van der Waals surface area contributed by atoms with Crippen LogP contribution in [0.3, 0.4) is 0 Å². The highest BCUT2D eigenvalue weighted by molar-refractivity contribution is 7.89. The number of para-hydroxylation sites is 1. The van der Waals surface area contributed by atoms with Crippen molar-refractivity contribution >= 4 is 43.2 Å². The van der Waals surface area contributed by atoms with Crippen LogP contribution in [0.2, 0.25) is 0 Å². The molecule has 1 aromatic heterocycles. The Labute approximate surface area is 191 Å². The first-order chi connectivity index (χ1) is 15.4. The van der Waals surface area contributed by atoms with E-state index in [1.807, 2.05) is 44.2 Å². The van der Waals surface area contributed by atoms with Gasteiger partial charge in [0.05, 0.1) is 15.1 Å². The number of hydrogen-bond acceptors (Lipinski definition) is 5. The number of benzene rings is 2. The van der Waals surface area contributed by atoms with E-state index in [4.69, 9.17) is 0 Å². The molecular formula is C23H27N3O4S2. The van der Waals surface area contributed by atoms with Crippen molar-refractivity contribution in [2.75, 3.05) is 24.5 Å². The van der Waals surface area contributed by atoms with Gasteiger partial charge in [-0.25, -0.2) is 8.42 Å². The fourth-order valence-electron chi connectivity index (χ4n) is 4.29. The van der Waals surface area contributed by atoms with E-state index in [1.165, 1.54) is 4.31 Å². The van der Waals surface area contributed by atoms with E-state index in [1.54, 1.807) is 27.7 Å². The lowest BCUT2D eigenvalue weighted by Gasteiger charge is -2.33. The number of aromatic nitrogens is 1. The van der Waals surface area contributed by atoms with Crippen molar-refractivity contribution in [1.82, 2.24) is 8.87 Å². The Balaban J connectivity index is 1.49. The Hall–Kier alpha value is -2.49. The van der Waals surface area contributed by atoms with Gasteiger partial charge in [0.15, 0.2) is 0 Å².